The number of aromatic nitrogens is 1. The zero-order chi connectivity index (χ0) is 42.7. The summed E-state index contributed by atoms with van der Waals surface area (Å²) in [6.45, 7) is 12.7. The van der Waals surface area contributed by atoms with Crippen molar-refractivity contribution in [3.8, 4) is 11.3 Å². The highest BCUT2D eigenvalue weighted by molar-refractivity contribution is 5.89. The number of methoxy groups -OCH3 is 1. The van der Waals surface area contributed by atoms with Crippen molar-refractivity contribution in [2.75, 3.05) is 20.2 Å². The highest BCUT2D eigenvalue weighted by Gasteiger charge is 2.44. The van der Waals surface area contributed by atoms with Crippen LogP contribution in [0.4, 0.5) is 9.59 Å². The fourth-order valence-electron chi connectivity index (χ4n) is 7.62. The molecule has 1 aromatic heterocycles. The Balaban J connectivity index is 1.42. The molecule has 5 rings (SSSR count). The molecule has 3 aromatic carbocycles. The van der Waals surface area contributed by atoms with Crippen LogP contribution in [0.3, 0.4) is 0 Å². The number of alkyl carbamates (subject to hydrolysis) is 1. The van der Waals surface area contributed by atoms with Gasteiger partial charge in [-0.2, -0.15) is 0 Å². The van der Waals surface area contributed by atoms with Crippen molar-refractivity contribution in [1.82, 2.24) is 30.7 Å². The zero-order valence-corrected chi connectivity index (χ0v) is 35.4. The Hall–Kier alpha value is -5.75. The van der Waals surface area contributed by atoms with Crippen molar-refractivity contribution in [2.24, 2.45) is 10.8 Å². The molecule has 59 heavy (non-hydrogen) atoms. The molecule has 2 heterocycles. The molecule has 0 saturated carbocycles. The number of aliphatic hydroxyl groups is 1. The van der Waals surface area contributed by atoms with Crippen LogP contribution in [-0.2, 0) is 33.7 Å². The first kappa shape index (κ1) is 44.4. The van der Waals surface area contributed by atoms with Crippen molar-refractivity contribution in [3.05, 3.63) is 126 Å². The quantitative estimate of drug-likeness (QED) is 0.103. The summed E-state index contributed by atoms with van der Waals surface area (Å²) in [4.78, 5) is 62.7. The van der Waals surface area contributed by atoms with Crippen LogP contribution < -0.4 is 16.0 Å². The number of aliphatic hydroxyl groups excluding tert-OH is 1. The van der Waals surface area contributed by atoms with Gasteiger partial charge in [-0.1, -0.05) is 133 Å². The van der Waals surface area contributed by atoms with Gasteiger partial charge in [0.25, 0.3) is 0 Å². The Morgan fingerprint density at radius 2 is 1.34 bits per heavy atom. The monoisotopic (exact) mass is 804 g/mol. The molecule has 4 aromatic rings. The van der Waals surface area contributed by atoms with E-state index in [0.717, 1.165) is 27.9 Å². The lowest BCUT2D eigenvalue weighted by molar-refractivity contribution is -0.130. The predicted molar refractivity (Wildman–Crippen MR) is 229 cm³/mol. The molecule has 0 bridgehead atoms. The summed E-state index contributed by atoms with van der Waals surface area (Å²) >= 11 is 0. The number of nitrogens with zero attached hydrogens (tertiary/aromatic N) is 3. The van der Waals surface area contributed by atoms with E-state index < -0.39 is 53.1 Å². The molecule has 5 amide bonds. The Labute approximate surface area is 348 Å². The summed E-state index contributed by atoms with van der Waals surface area (Å²) in [5.74, 6) is -0.803. The molecular formula is C47H60N6O6. The average molecular weight is 805 g/mol. The van der Waals surface area contributed by atoms with E-state index in [9.17, 15) is 24.3 Å². The van der Waals surface area contributed by atoms with Crippen LogP contribution in [-0.4, -0.2) is 94.3 Å². The van der Waals surface area contributed by atoms with Crippen molar-refractivity contribution in [3.63, 3.8) is 0 Å². The summed E-state index contributed by atoms with van der Waals surface area (Å²) in [7, 11) is 1.24. The van der Waals surface area contributed by atoms with Crippen molar-refractivity contribution < 1.29 is 29.0 Å². The van der Waals surface area contributed by atoms with Crippen LogP contribution in [0.1, 0.15) is 64.7 Å². The minimum atomic E-state index is -1.15. The van der Waals surface area contributed by atoms with Crippen LogP contribution >= 0.6 is 0 Å². The van der Waals surface area contributed by atoms with Gasteiger partial charge in [-0.25, -0.2) is 9.59 Å². The zero-order valence-electron chi connectivity index (χ0n) is 35.4. The lowest BCUT2D eigenvalue weighted by atomic mass is 9.84. The highest BCUT2D eigenvalue weighted by Crippen LogP contribution is 2.29. The summed E-state index contributed by atoms with van der Waals surface area (Å²) in [5, 5.41) is 21.1. The van der Waals surface area contributed by atoms with Crippen LogP contribution in [0.25, 0.3) is 11.3 Å². The largest absolute Gasteiger partial charge is 0.453 e. The van der Waals surface area contributed by atoms with Gasteiger partial charge < -0.3 is 35.6 Å². The third-order valence-electron chi connectivity index (χ3n) is 10.7. The van der Waals surface area contributed by atoms with E-state index >= 15 is 0 Å². The second-order valence-corrected chi connectivity index (χ2v) is 17.5. The van der Waals surface area contributed by atoms with Gasteiger partial charge >= 0.3 is 12.1 Å². The third kappa shape index (κ3) is 12.4. The molecule has 0 aliphatic carbocycles. The van der Waals surface area contributed by atoms with E-state index in [1.54, 1.807) is 16.0 Å². The number of amides is 5. The average Bonchev–Trinajstić information content (AvgIpc) is 3.54. The topological polar surface area (TPSA) is 153 Å². The Morgan fingerprint density at radius 1 is 0.729 bits per heavy atom. The maximum Gasteiger partial charge on any atom is 0.407 e. The first-order valence-electron chi connectivity index (χ1n) is 20.3. The Morgan fingerprint density at radius 3 is 1.92 bits per heavy atom. The first-order chi connectivity index (χ1) is 28.0. The minimum Gasteiger partial charge on any atom is -0.453 e. The molecule has 314 valence electrons. The maximum atomic E-state index is 14.6. The van der Waals surface area contributed by atoms with Crippen molar-refractivity contribution in [1.29, 1.82) is 0 Å². The second-order valence-electron chi connectivity index (χ2n) is 17.5. The van der Waals surface area contributed by atoms with E-state index in [2.05, 4.69) is 20.9 Å². The van der Waals surface area contributed by atoms with Gasteiger partial charge in [-0.05, 0) is 58.9 Å². The number of rotatable bonds is 16. The minimum absolute atomic E-state index is 0.0765. The fourth-order valence-corrected chi connectivity index (χ4v) is 7.62. The van der Waals surface area contributed by atoms with Crippen LogP contribution in [0.15, 0.2) is 109 Å². The molecule has 1 aliphatic heterocycles. The van der Waals surface area contributed by atoms with Crippen molar-refractivity contribution >= 4 is 23.9 Å². The van der Waals surface area contributed by atoms with E-state index in [4.69, 9.17) is 4.74 Å². The van der Waals surface area contributed by atoms with E-state index in [1.807, 2.05) is 145 Å². The summed E-state index contributed by atoms with van der Waals surface area (Å²) in [6, 6.07) is 29.6. The van der Waals surface area contributed by atoms with Gasteiger partial charge in [0.1, 0.15) is 12.1 Å². The number of ether oxygens (including phenoxy) is 1. The number of nitrogens with one attached hydrogen (secondary N) is 3. The fraction of sp³-hybridized carbons (Fsp3) is 0.426. The molecule has 0 spiro atoms. The molecule has 1 aliphatic rings. The standard InChI is InChI=1S/C47H60N6O6/c1-46(2,3)40(51-44(57)59-7)42(55)50-38(29-33-21-23-35(24-22-33)37-20-14-15-25-48-37)39(54)30-36(28-32-16-10-8-11-17-32)49-43(56)41(47(4,5)6)53-27-26-52(45(53)58)31-34-18-12-9-13-19-34/h8-25,36,38-41,54H,26-31H2,1-7H3,(H,49,56)(H,50,55)(H,51,57). The number of urea groups is 1. The summed E-state index contributed by atoms with van der Waals surface area (Å²) in [6.07, 6.45) is 0.555. The summed E-state index contributed by atoms with van der Waals surface area (Å²) < 4.78 is 4.84. The number of carbonyl (C=O) groups excluding carboxylic acids is 4. The molecular weight excluding hydrogens is 745 g/mol. The molecule has 12 heteroatoms. The smallest absolute Gasteiger partial charge is 0.407 e. The van der Waals surface area contributed by atoms with Gasteiger partial charge in [0.15, 0.2) is 0 Å². The van der Waals surface area contributed by atoms with Crippen LogP contribution in [0.2, 0.25) is 0 Å². The highest BCUT2D eigenvalue weighted by atomic mass is 16.5. The lowest BCUT2D eigenvalue weighted by Crippen LogP contribution is -2.59. The van der Waals surface area contributed by atoms with E-state index in [1.165, 1.54) is 7.11 Å². The molecule has 0 radical (unpaired) electrons. The van der Waals surface area contributed by atoms with E-state index in [0.29, 0.717) is 26.1 Å². The number of benzene rings is 3. The second kappa shape index (κ2) is 19.8. The van der Waals surface area contributed by atoms with Gasteiger partial charge in [0, 0.05) is 37.4 Å². The molecule has 12 nitrogen and oxygen atoms in total. The molecule has 1 fully saturated rings. The molecule has 1 saturated heterocycles. The van der Waals surface area contributed by atoms with Gasteiger partial charge in [0.05, 0.1) is 24.9 Å². The number of hydrogen-bond acceptors (Lipinski definition) is 7. The molecule has 4 N–H and O–H groups in total. The van der Waals surface area contributed by atoms with Crippen molar-refractivity contribution in [2.45, 2.75) is 97.6 Å². The molecule has 5 unspecified atom stereocenters. The SMILES string of the molecule is COC(=O)NC(C(=O)NC(Cc1ccc(-c2ccccn2)cc1)C(O)CC(Cc1ccccc1)NC(=O)C(N1CCN(Cc2ccccc2)C1=O)C(C)(C)C)C(C)(C)C. The number of hydrogen-bond donors (Lipinski definition) is 4. The van der Waals surface area contributed by atoms with Gasteiger partial charge in [0.2, 0.25) is 11.8 Å². The molecule has 5 atom stereocenters. The summed E-state index contributed by atoms with van der Waals surface area (Å²) in [5.41, 5.74) is 3.23. The van der Waals surface area contributed by atoms with E-state index in [-0.39, 0.29) is 24.8 Å². The Kier molecular flexibility index (Phi) is 14.9. The van der Waals surface area contributed by atoms with Gasteiger partial charge in [-0.3, -0.25) is 14.6 Å². The normalized spacial score (nSPS) is 15.8. The third-order valence-corrected chi connectivity index (χ3v) is 10.7. The lowest BCUT2D eigenvalue weighted by Gasteiger charge is -2.38. The maximum absolute atomic E-state index is 14.6. The van der Waals surface area contributed by atoms with Gasteiger partial charge in [-0.15, -0.1) is 0 Å². The Bertz CT molecular complexity index is 1980. The van der Waals surface area contributed by atoms with Crippen LogP contribution in [0.5, 0.6) is 0 Å². The number of pyridine rings is 1. The first-order valence-corrected chi connectivity index (χ1v) is 20.3. The number of carbonyl (C=O) groups is 4. The predicted octanol–water partition coefficient (Wildman–Crippen LogP) is 6.38. The van der Waals surface area contributed by atoms with Crippen LogP contribution in [0, 0.1) is 10.8 Å².